The van der Waals surface area contributed by atoms with Gasteiger partial charge in [0.25, 0.3) is 0 Å². The maximum Gasteiger partial charge on any atom is 0.128 e. The molecular weight excluding hydrogens is 308 g/mol. The van der Waals surface area contributed by atoms with Crippen LogP contribution in [0.1, 0.15) is 55.4 Å². The number of azo groups is 1. The number of benzene rings is 1. The number of aryl methyl sites for hydroxylation is 1. The molecule has 1 heterocycles. The van der Waals surface area contributed by atoms with Crippen LogP contribution in [0.25, 0.3) is 5.57 Å². The minimum Gasteiger partial charge on any atom is -0.241 e. The molecule has 0 bridgehead atoms. The van der Waals surface area contributed by atoms with Crippen molar-refractivity contribution in [1.82, 2.24) is 9.97 Å². The van der Waals surface area contributed by atoms with E-state index in [0.29, 0.717) is 5.92 Å². The van der Waals surface area contributed by atoms with Gasteiger partial charge in [-0.25, -0.2) is 9.97 Å². The third kappa shape index (κ3) is 3.84. The molecule has 0 saturated heterocycles. The Labute approximate surface area is 150 Å². The van der Waals surface area contributed by atoms with E-state index in [1.165, 1.54) is 22.3 Å². The van der Waals surface area contributed by atoms with E-state index in [1.807, 2.05) is 6.20 Å². The molecule has 0 amide bonds. The Bertz CT molecular complexity index is 819. The van der Waals surface area contributed by atoms with Crippen molar-refractivity contribution in [2.45, 2.75) is 46.5 Å². The van der Waals surface area contributed by atoms with E-state index < -0.39 is 0 Å². The summed E-state index contributed by atoms with van der Waals surface area (Å²) in [5, 5.41) is 8.19. The van der Waals surface area contributed by atoms with Crippen LogP contribution in [0.4, 0.5) is 5.69 Å². The molecule has 0 aliphatic heterocycles. The summed E-state index contributed by atoms with van der Waals surface area (Å²) in [7, 11) is 1.71. The second kappa shape index (κ2) is 7.68. The number of rotatable bonds is 6. The number of hydrogen-bond acceptors (Lipinski definition) is 4. The van der Waals surface area contributed by atoms with Gasteiger partial charge in [0.15, 0.2) is 0 Å². The number of fused-ring (bicyclic) bond motifs is 1. The van der Waals surface area contributed by atoms with E-state index in [9.17, 15) is 0 Å². The summed E-state index contributed by atoms with van der Waals surface area (Å²) in [6, 6.07) is 6.45. The number of nitrogens with zero attached hydrogens (tertiary/aromatic N) is 4. The van der Waals surface area contributed by atoms with Crippen molar-refractivity contribution in [1.29, 1.82) is 0 Å². The van der Waals surface area contributed by atoms with E-state index in [0.717, 1.165) is 42.9 Å². The predicted octanol–water partition coefficient (Wildman–Crippen LogP) is 5.33. The molecule has 4 heteroatoms. The molecule has 0 N–H and O–H groups in total. The summed E-state index contributed by atoms with van der Waals surface area (Å²) in [4.78, 5) is 9.36. The Hall–Kier alpha value is -2.36. The van der Waals surface area contributed by atoms with Gasteiger partial charge in [-0.05, 0) is 41.2 Å². The molecule has 1 aromatic heterocycles. The lowest BCUT2D eigenvalue weighted by Gasteiger charge is -2.11. The van der Waals surface area contributed by atoms with Gasteiger partial charge in [0.2, 0.25) is 0 Å². The van der Waals surface area contributed by atoms with Crippen molar-refractivity contribution < 1.29 is 0 Å². The molecule has 1 aromatic carbocycles. The Kier molecular flexibility index (Phi) is 5.37. The van der Waals surface area contributed by atoms with Crippen LogP contribution in [0.2, 0.25) is 0 Å². The minimum absolute atomic E-state index is 0.573. The SMILES string of the molecule is CCCc1cc(C2=CCc3nc(CC(C)C)ncc32)ccc1N=NC. The molecule has 3 rings (SSSR count). The zero-order valence-electron chi connectivity index (χ0n) is 15.6. The zero-order valence-corrected chi connectivity index (χ0v) is 15.6. The number of allylic oxidation sites excluding steroid dienone is 1. The fourth-order valence-electron chi connectivity index (χ4n) is 3.31. The summed E-state index contributed by atoms with van der Waals surface area (Å²) in [6.07, 6.45) is 8.18. The topological polar surface area (TPSA) is 50.5 Å². The van der Waals surface area contributed by atoms with Gasteiger partial charge in [-0.3, -0.25) is 0 Å². The van der Waals surface area contributed by atoms with Crippen molar-refractivity contribution in [3.8, 4) is 0 Å². The lowest BCUT2D eigenvalue weighted by atomic mass is 9.97. The Balaban J connectivity index is 1.93. The van der Waals surface area contributed by atoms with Crippen LogP contribution in [-0.2, 0) is 19.3 Å². The molecule has 2 aromatic rings. The molecular formula is C21H26N4. The first-order valence-corrected chi connectivity index (χ1v) is 9.10. The maximum atomic E-state index is 4.78. The highest BCUT2D eigenvalue weighted by molar-refractivity contribution is 5.84. The van der Waals surface area contributed by atoms with Gasteiger partial charge in [0, 0.05) is 31.6 Å². The molecule has 1 aliphatic rings. The molecule has 0 fully saturated rings. The van der Waals surface area contributed by atoms with Crippen LogP contribution in [0, 0.1) is 5.92 Å². The van der Waals surface area contributed by atoms with Crippen molar-refractivity contribution in [2.24, 2.45) is 16.1 Å². The number of hydrogen-bond donors (Lipinski definition) is 0. The minimum atomic E-state index is 0.573. The molecule has 25 heavy (non-hydrogen) atoms. The van der Waals surface area contributed by atoms with Crippen LogP contribution < -0.4 is 0 Å². The molecule has 0 radical (unpaired) electrons. The molecule has 0 atom stereocenters. The van der Waals surface area contributed by atoms with Crippen LogP contribution >= 0.6 is 0 Å². The van der Waals surface area contributed by atoms with Gasteiger partial charge >= 0.3 is 0 Å². The summed E-state index contributed by atoms with van der Waals surface area (Å²) >= 11 is 0. The van der Waals surface area contributed by atoms with E-state index in [1.54, 1.807) is 7.05 Å². The van der Waals surface area contributed by atoms with Gasteiger partial charge in [-0.1, -0.05) is 39.3 Å². The van der Waals surface area contributed by atoms with E-state index in [-0.39, 0.29) is 0 Å². The fourth-order valence-corrected chi connectivity index (χ4v) is 3.31. The van der Waals surface area contributed by atoms with Gasteiger partial charge in [-0.15, -0.1) is 0 Å². The van der Waals surface area contributed by atoms with Crippen molar-refractivity contribution in [2.75, 3.05) is 7.05 Å². The Morgan fingerprint density at radius 2 is 2.08 bits per heavy atom. The first-order chi connectivity index (χ1) is 12.1. The molecule has 1 aliphatic carbocycles. The molecule has 0 saturated carbocycles. The van der Waals surface area contributed by atoms with Crippen molar-refractivity contribution >= 4 is 11.3 Å². The summed E-state index contributed by atoms with van der Waals surface area (Å²) in [5.41, 5.74) is 6.99. The molecule has 130 valence electrons. The van der Waals surface area contributed by atoms with Crippen LogP contribution in [0.5, 0.6) is 0 Å². The lowest BCUT2D eigenvalue weighted by Crippen LogP contribution is -2.04. The molecule has 4 nitrogen and oxygen atoms in total. The maximum absolute atomic E-state index is 4.78. The third-order valence-electron chi connectivity index (χ3n) is 4.42. The Morgan fingerprint density at radius 3 is 2.80 bits per heavy atom. The monoisotopic (exact) mass is 334 g/mol. The second-order valence-corrected chi connectivity index (χ2v) is 6.96. The quantitative estimate of drug-likeness (QED) is 0.670. The second-order valence-electron chi connectivity index (χ2n) is 6.96. The van der Waals surface area contributed by atoms with E-state index >= 15 is 0 Å². The highest BCUT2D eigenvalue weighted by Gasteiger charge is 2.19. The fraction of sp³-hybridized carbons (Fsp3) is 0.429. The third-order valence-corrected chi connectivity index (χ3v) is 4.42. The van der Waals surface area contributed by atoms with Gasteiger partial charge in [-0.2, -0.15) is 10.2 Å². The smallest absolute Gasteiger partial charge is 0.128 e. The average Bonchev–Trinajstić information content (AvgIpc) is 2.99. The average molecular weight is 334 g/mol. The highest BCUT2D eigenvalue weighted by atomic mass is 15.1. The predicted molar refractivity (Wildman–Crippen MR) is 102 cm³/mol. The Morgan fingerprint density at radius 1 is 1.24 bits per heavy atom. The van der Waals surface area contributed by atoms with E-state index in [2.05, 4.69) is 60.3 Å². The van der Waals surface area contributed by atoms with Crippen molar-refractivity contribution in [3.63, 3.8) is 0 Å². The lowest BCUT2D eigenvalue weighted by molar-refractivity contribution is 0.618. The summed E-state index contributed by atoms with van der Waals surface area (Å²) in [6.45, 7) is 6.59. The normalized spacial score (nSPS) is 13.6. The molecule has 0 unspecified atom stereocenters. The first kappa shape index (κ1) is 17.5. The van der Waals surface area contributed by atoms with Gasteiger partial charge < -0.3 is 0 Å². The zero-order chi connectivity index (χ0) is 17.8. The summed E-state index contributed by atoms with van der Waals surface area (Å²) < 4.78 is 0. The first-order valence-electron chi connectivity index (χ1n) is 9.10. The van der Waals surface area contributed by atoms with Gasteiger partial charge in [0.05, 0.1) is 11.4 Å². The van der Waals surface area contributed by atoms with Crippen LogP contribution in [0.3, 0.4) is 0 Å². The van der Waals surface area contributed by atoms with E-state index in [4.69, 9.17) is 4.98 Å². The molecule has 0 spiro atoms. The van der Waals surface area contributed by atoms with Crippen LogP contribution in [0.15, 0.2) is 40.7 Å². The van der Waals surface area contributed by atoms with Gasteiger partial charge in [0.1, 0.15) is 5.82 Å². The standard InChI is InChI=1S/C21H26N4/c1-5-6-16-12-15(7-9-19(16)25-22-4)17-8-10-20-18(17)13-23-21(24-20)11-14(2)3/h7-9,12-14H,5-6,10-11H2,1-4H3. The van der Waals surface area contributed by atoms with Crippen molar-refractivity contribution in [3.05, 3.63) is 58.7 Å². The summed E-state index contributed by atoms with van der Waals surface area (Å²) in [5.74, 6) is 1.53. The largest absolute Gasteiger partial charge is 0.241 e. The number of aromatic nitrogens is 2. The highest BCUT2D eigenvalue weighted by Crippen LogP contribution is 2.34. The van der Waals surface area contributed by atoms with Crippen LogP contribution in [-0.4, -0.2) is 17.0 Å².